The number of hydrogen-bond acceptors (Lipinski definition) is 3. The average molecular weight is 353 g/mol. The van der Waals surface area contributed by atoms with E-state index in [0.29, 0.717) is 6.04 Å². The number of halogens is 1. The molecule has 0 amide bonds. The van der Waals surface area contributed by atoms with E-state index in [1.54, 1.807) is 0 Å². The van der Waals surface area contributed by atoms with Gasteiger partial charge in [-0.15, -0.1) is 0 Å². The van der Waals surface area contributed by atoms with Crippen LogP contribution in [0.5, 0.6) is 0 Å². The van der Waals surface area contributed by atoms with Gasteiger partial charge in [0.15, 0.2) is 5.17 Å². The van der Waals surface area contributed by atoms with Gasteiger partial charge < -0.3 is 5.32 Å². The van der Waals surface area contributed by atoms with Crippen molar-refractivity contribution in [2.24, 2.45) is 10.9 Å². The smallest absolute Gasteiger partial charge is 0.161 e. The molecule has 0 bridgehead atoms. The maximum atomic E-state index is 4.94. The second-order valence-electron chi connectivity index (χ2n) is 5.91. The second kappa shape index (κ2) is 6.10. The minimum absolute atomic E-state index is 0.560. The van der Waals surface area contributed by atoms with E-state index in [1.807, 2.05) is 11.8 Å². The number of anilines is 1. The van der Waals surface area contributed by atoms with Gasteiger partial charge in [0.2, 0.25) is 0 Å². The van der Waals surface area contributed by atoms with Gasteiger partial charge in [0, 0.05) is 15.9 Å². The first-order chi connectivity index (χ1) is 9.63. The fraction of sp³-hybridized carbons (Fsp3) is 0.562. The van der Waals surface area contributed by atoms with Crippen LogP contribution in [0.15, 0.2) is 21.6 Å². The maximum Gasteiger partial charge on any atom is 0.161 e. The summed E-state index contributed by atoms with van der Waals surface area (Å²) in [5.41, 5.74) is 3.69. The number of aliphatic imine (C=N–C) groups is 1. The van der Waals surface area contributed by atoms with Gasteiger partial charge in [-0.3, -0.25) is 4.99 Å². The number of benzene rings is 1. The first-order valence-corrected chi connectivity index (χ1v) is 9.15. The Morgan fingerprint density at radius 2 is 1.90 bits per heavy atom. The van der Waals surface area contributed by atoms with E-state index in [2.05, 4.69) is 47.2 Å². The molecule has 1 N–H and O–H groups in total. The summed E-state index contributed by atoms with van der Waals surface area (Å²) in [7, 11) is 0. The molecule has 4 heteroatoms. The third-order valence-corrected chi connectivity index (χ3v) is 6.60. The van der Waals surface area contributed by atoms with Crippen LogP contribution in [-0.4, -0.2) is 17.0 Å². The topological polar surface area (TPSA) is 24.4 Å². The zero-order valence-corrected chi connectivity index (χ0v) is 14.5. The second-order valence-corrected chi connectivity index (χ2v) is 7.71. The molecule has 0 aromatic heterocycles. The molecule has 1 aliphatic heterocycles. The van der Waals surface area contributed by atoms with Crippen molar-refractivity contribution in [3.8, 4) is 0 Å². The molecule has 1 heterocycles. The quantitative estimate of drug-likeness (QED) is 0.756. The molecule has 1 aromatic carbocycles. The number of aryl methyl sites for hydroxylation is 2. The van der Waals surface area contributed by atoms with Crippen LogP contribution in [0, 0.1) is 19.8 Å². The highest BCUT2D eigenvalue weighted by Gasteiger charge is 2.29. The van der Waals surface area contributed by atoms with Gasteiger partial charge >= 0.3 is 0 Å². The highest BCUT2D eigenvalue weighted by Crippen LogP contribution is 2.34. The van der Waals surface area contributed by atoms with Crippen LogP contribution in [0.3, 0.4) is 0 Å². The van der Waals surface area contributed by atoms with Crippen LogP contribution < -0.4 is 5.32 Å². The van der Waals surface area contributed by atoms with Crippen molar-refractivity contribution in [1.29, 1.82) is 0 Å². The largest absolute Gasteiger partial charge is 0.335 e. The maximum absolute atomic E-state index is 4.94. The summed E-state index contributed by atoms with van der Waals surface area (Å²) in [6, 6.07) is 4.94. The average Bonchev–Trinajstić information content (AvgIpc) is 2.44. The van der Waals surface area contributed by atoms with Crippen molar-refractivity contribution in [3.63, 3.8) is 0 Å². The van der Waals surface area contributed by atoms with Gasteiger partial charge in [-0.2, -0.15) is 0 Å². The molecule has 1 aromatic rings. The molecule has 0 spiro atoms. The predicted molar refractivity (Wildman–Crippen MR) is 92.9 cm³/mol. The summed E-state index contributed by atoms with van der Waals surface area (Å²) in [5.74, 6) is 2.04. The molecule has 1 fully saturated rings. The van der Waals surface area contributed by atoms with Crippen molar-refractivity contribution >= 4 is 38.5 Å². The lowest BCUT2D eigenvalue weighted by Crippen LogP contribution is -2.31. The number of hydrogen-bond donors (Lipinski definition) is 1. The molecule has 2 nitrogen and oxygen atoms in total. The molecule has 1 saturated carbocycles. The molecule has 108 valence electrons. The lowest BCUT2D eigenvalue weighted by Gasteiger charge is -2.32. The van der Waals surface area contributed by atoms with Crippen molar-refractivity contribution in [2.45, 2.75) is 45.6 Å². The number of nitrogens with zero attached hydrogens (tertiary/aromatic N) is 1. The number of rotatable bonds is 1. The molecular formula is C16H21BrN2S. The van der Waals surface area contributed by atoms with Crippen LogP contribution in [0.4, 0.5) is 5.69 Å². The van der Waals surface area contributed by atoms with E-state index in [1.165, 1.54) is 47.0 Å². The monoisotopic (exact) mass is 352 g/mol. The molecule has 2 unspecified atom stereocenters. The van der Waals surface area contributed by atoms with Crippen LogP contribution in [-0.2, 0) is 0 Å². The van der Waals surface area contributed by atoms with Crippen LogP contribution in [0.1, 0.15) is 36.8 Å². The Labute approximate surface area is 134 Å². The minimum Gasteiger partial charge on any atom is -0.335 e. The van der Waals surface area contributed by atoms with Gasteiger partial charge in [-0.25, -0.2) is 0 Å². The van der Waals surface area contributed by atoms with E-state index in [-0.39, 0.29) is 0 Å². The van der Waals surface area contributed by atoms with Crippen molar-refractivity contribution in [3.05, 3.63) is 27.7 Å². The normalized spacial score (nSPS) is 25.9. The van der Waals surface area contributed by atoms with E-state index in [0.717, 1.165) is 16.8 Å². The number of amidine groups is 1. The van der Waals surface area contributed by atoms with Gasteiger partial charge in [0.1, 0.15) is 0 Å². The first-order valence-electron chi connectivity index (χ1n) is 7.38. The number of nitrogens with one attached hydrogen (secondary N) is 1. The third kappa shape index (κ3) is 3.06. The lowest BCUT2D eigenvalue weighted by atomic mass is 9.86. The summed E-state index contributed by atoms with van der Waals surface area (Å²) in [6.07, 6.45) is 5.38. The summed E-state index contributed by atoms with van der Waals surface area (Å²) in [4.78, 5) is 4.94. The van der Waals surface area contributed by atoms with E-state index >= 15 is 0 Å². The van der Waals surface area contributed by atoms with Crippen molar-refractivity contribution in [1.82, 2.24) is 0 Å². The Hall–Kier alpha value is -0.480. The molecule has 2 atom stereocenters. The van der Waals surface area contributed by atoms with E-state index < -0.39 is 0 Å². The highest BCUT2D eigenvalue weighted by atomic mass is 79.9. The summed E-state index contributed by atoms with van der Waals surface area (Å²) < 4.78 is 1.20. The van der Waals surface area contributed by atoms with Crippen molar-refractivity contribution < 1.29 is 0 Å². The zero-order valence-electron chi connectivity index (χ0n) is 12.1. The minimum atomic E-state index is 0.560. The number of thioether (sulfide) groups is 1. The van der Waals surface area contributed by atoms with Crippen molar-refractivity contribution in [2.75, 3.05) is 11.1 Å². The molecular weight excluding hydrogens is 332 g/mol. The van der Waals surface area contributed by atoms with E-state index in [4.69, 9.17) is 4.99 Å². The van der Waals surface area contributed by atoms with Gasteiger partial charge in [0.25, 0.3) is 0 Å². The molecule has 20 heavy (non-hydrogen) atoms. The Bertz CT molecular complexity index is 518. The fourth-order valence-corrected chi connectivity index (χ4v) is 4.53. The SMILES string of the molecule is Cc1cc(NC2=NC3CCCCC3CS2)cc(C)c1Br. The molecule has 2 aliphatic rings. The molecule has 0 saturated heterocycles. The Morgan fingerprint density at radius 3 is 2.65 bits per heavy atom. The Morgan fingerprint density at radius 1 is 1.20 bits per heavy atom. The standard InChI is InChI=1S/C16H21BrN2S/c1-10-7-13(8-11(2)15(10)17)18-16-19-14-6-4-3-5-12(14)9-20-16/h7-8,12,14H,3-6,9H2,1-2H3,(H,18,19). The lowest BCUT2D eigenvalue weighted by molar-refractivity contribution is 0.336. The molecule has 1 aliphatic carbocycles. The van der Waals surface area contributed by atoms with Gasteiger partial charge in [-0.05, 0) is 55.9 Å². The molecule has 3 rings (SSSR count). The van der Waals surface area contributed by atoms with Gasteiger partial charge in [0.05, 0.1) is 6.04 Å². The summed E-state index contributed by atoms with van der Waals surface area (Å²) >= 11 is 5.51. The first kappa shape index (κ1) is 14.5. The Balaban J connectivity index is 1.76. The summed E-state index contributed by atoms with van der Waals surface area (Å²) in [6.45, 7) is 4.27. The van der Waals surface area contributed by atoms with E-state index in [9.17, 15) is 0 Å². The zero-order chi connectivity index (χ0) is 14.1. The van der Waals surface area contributed by atoms with Gasteiger partial charge in [-0.1, -0.05) is 40.5 Å². The van der Waals surface area contributed by atoms with Crippen LogP contribution >= 0.6 is 27.7 Å². The van der Waals surface area contributed by atoms with Crippen LogP contribution in [0.25, 0.3) is 0 Å². The Kier molecular flexibility index (Phi) is 4.41. The summed E-state index contributed by atoms with van der Waals surface area (Å²) in [5, 5.41) is 4.62. The third-order valence-electron chi connectivity index (χ3n) is 4.27. The number of fused-ring (bicyclic) bond motifs is 1. The highest BCUT2D eigenvalue weighted by molar-refractivity contribution is 9.10. The van der Waals surface area contributed by atoms with Crippen LogP contribution in [0.2, 0.25) is 0 Å². The molecule has 0 radical (unpaired) electrons. The predicted octanol–water partition coefficient (Wildman–Crippen LogP) is 5.14. The fourth-order valence-electron chi connectivity index (χ4n) is 3.14.